The van der Waals surface area contributed by atoms with Crippen molar-refractivity contribution in [1.29, 1.82) is 0 Å². The van der Waals surface area contributed by atoms with Crippen LogP contribution in [0.1, 0.15) is 80.6 Å². The number of methoxy groups -OCH3 is 1. The van der Waals surface area contributed by atoms with Gasteiger partial charge in [-0.2, -0.15) is 0 Å². The molecule has 6 aliphatic rings. The van der Waals surface area contributed by atoms with Gasteiger partial charge in [-0.05, 0) is 75.0 Å². The minimum Gasteiger partial charge on any atom is -0.467 e. The number of carbonyl (C=O) groups excluding carboxylic acids is 3. The van der Waals surface area contributed by atoms with Gasteiger partial charge in [0.1, 0.15) is 12.2 Å². The Morgan fingerprint density at radius 3 is 2.17 bits per heavy atom. The van der Waals surface area contributed by atoms with Crippen LogP contribution in [0.5, 0.6) is 0 Å². The smallest absolute Gasteiger partial charge is 0.341 e. The zero-order valence-electron chi connectivity index (χ0n) is 26.2. The molecule has 2 heterocycles. The highest BCUT2D eigenvalue weighted by atomic mass is 16.7. The van der Waals surface area contributed by atoms with Gasteiger partial charge < -0.3 is 33.9 Å². The molecule has 236 valence electrons. The van der Waals surface area contributed by atoms with Gasteiger partial charge in [0.25, 0.3) is 0 Å². The third-order valence-corrected chi connectivity index (χ3v) is 13.7. The van der Waals surface area contributed by atoms with Gasteiger partial charge in [0.05, 0.1) is 37.4 Å². The standard InChI is InChI=1S/C32H48O10/c1-16-13-31(37)21-9-11-27(5)20(10-12-30(17(2)33)15-39-14-22(27)30)28(21,6)24(40-18(3)34)25(41-19(4)35)29(31,7)32(23(16)42-32)26(36)38-8/h16-17,20-25,33,37H,9-15H2,1-8H3/t16?,17?,20?,21?,22-,23+,24+,25-,27+,28+,29+,30-,31+,32-/m0/s1. The van der Waals surface area contributed by atoms with Crippen LogP contribution in [-0.2, 0) is 38.1 Å². The largest absolute Gasteiger partial charge is 0.467 e. The van der Waals surface area contributed by atoms with Crippen molar-refractivity contribution >= 4 is 17.9 Å². The lowest BCUT2D eigenvalue weighted by molar-refractivity contribution is -0.341. The van der Waals surface area contributed by atoms with Crippen LogP contribution in [0.25, 0.3) is 0 Å². The van der Waals surface area contributed by atoms with E-state index in [0.29, 0.717) is 26.1 Å². The maximum absolute atomic E-state index is 13.6. The number of carbonyl (C=O) groups is 3. The summed E-state index contributed by atoms with van der Waals surface area (Å²) in [5, 5.41) is 24.3. The van der Waals surface area contributed by atoms with Crippen LogP contribution in [0.2, 0.25) is 0 Å². The van der Waals surface area contributed by atoms with Gasteiger partial charge in [-0.15, -0.1) is 0 Å². The number of ether oxygens (including phenoxy) is 5. The third kappa shape index (κ3) is 3.28. The van der Waals surface area contributed by atoms with Gasteiger partial charge in [0.15, 0.2) is 6.10 Å². The Kier molecular flexibility index (Phi) is 6.59. The summed E-state index contributed by atoms with van der Waals surface area (Å²) in [4.78, 5) is 39.3. The number of aliphatic hydroxyl groups is 2. The average molecular weight is 593 g/mol. The van der Waals surface area contributed by atoms with Gasteiger partial charge in [0.2, 0.25) is 5.60 Å². The number of epoxide rings is 1. The monoisotopic (exact) mass is 592 g/mol. The van der Waals surface area contributed by atoms with Gasteiger partial charge in [-0.1, -0.05) is 20.8 Å². The number of hydrogen-bond donors (Lipinski definition) is 2. The minimum absolute atomic E-state index is 0.0551. The quantitative estimate of drug-likeness (QED) is 0.284. The van der Waals surface area contributed by atoms with Gasteiger partial charge in [0, 0.05) is 24.7 Å². The maximum Gasteiger partial charge on any atom is 0.341 e. The fraction of sp³-hybridized carbons (Fsp3) is 0.906. The van der Waals surface area contributed by atoms with E-state index in [-0.39, 0.29) is 28.6 Å². The second-order valence-corrected chi connectivity index (χ2v) is 15.2. The van der Waals surface area contributed by atoms with E-state index in [4.69, 9.17) is 23.7 Å². The van der Waals surface area contributed by atoms with Crippen molar-refractivity contribution in [2.45, 2.75) is 116 Å². The summed E-state index contributed by atoms with van der Waals surface area (Å²) in [6.45, 7) is 13.6. The molecule has 2 N–H and O–H groups in total. The van der Waals surface area contributed by atoms with Crippen LogP contribution in [0, 0.1) is 45.3 Å². The Hall–Kier alpha value is -1.75. The molecule has 0 amide bonds. The van der Waals surface area contributed by atoms with E-state index >= 15 is 0 Å². The first-order valence-corrected chi connectivity index (χ1v) is 15.6. The Morgan fingerprint density at radius 1 is 0.952 bits per heavy atom. The lowest BCUT2D eigenvalue weighted by Gasteiger charge is -2.73. The number of esters is 3. The molecule has 2 saturated heterocycles. The van der Waals surface area contributed by atoms with Crippen LogP contribution >= 0.6 is 0 Å². The summed E-state index contributed by atoms with van der Waals surface area (Å²) in [6.07, 6.45) is -0.0448. The molecule has 10 heteroatoms. The highest BCUT2D eigenvalue weighted by Crippen LogP contribution is 2.78. The van der Waals surface area contributed by atoms with Gasteiger partial charge in [-0.25, -0.2) is 4.79 Å². The molecule has 10 nitrogen and oxygen atoms in total. The van der Waals surface area contributed by atoms with Crippen molar-refractivity contribution in [1.82, 2.24) is 0 Å². The second-order valence-electron chi connectivity index (χ2n) is 15.2. The van der Waals surface area contributed by atoms with Crippen LogP contribution in [0.4, 0.5) is 0 Å². The van der Waals surface area contributed by atoms with Crippen molar-refractivity contribution in [2.75, 3.05) is 20.3 Å². The van der Waals surface area contributed by atoms with Crippen molar-refractivity contribution in [2.24, 2.45) is 45.3 Å². The van der Waals surface area contributed by atoms with E-state index in [1.165, 1.54) is 21.0 Å². The van der Waals surface area contributed by atoms with Crippen molar-refractivity contribution < 1.29 is 48.3 Å². The molecule has 0 aromatic rings. The fourth-order valence-corrected chi connectivity index (χ4v) is 11.9. The predicted molar refractivity (Wildman–Crippen MR) is 148 cm³/mol. The van der Waals surface area contributed by atoms with Gasteiger partial charge in [-0.3, -0.25) is 9.59 Å². The lowest BCUT2D eigenvalue weighted by atomic mass is 9.32. The van der Waals surface area contributed by atoms with E-state index < -0.39 is 70.3 Å². The molecular formula is C32H48O10. The molecule has 4 saturated carbocycles. The van der Waals surface area contributed by atoms with E-state index in [9.17, 15) is 24.6 Å². The normalized spacial score (nSPS) is 54.6. The molecule has 14 atom stereocenters. The summed E-state index contributed by atoms with van der Waals surface area (Å²) in [5.74, 6) is -2.30. The minimum atomic E-state index is -1.55. The molecule has 0 aromatic carbocycles. The Morgan fingerprint density at radius 2 is 1.57 bits per heavy atom. The summed E-state index contributed by atoms with van der Waals surface area (Å²) in [5.41, 5.74) is -6.03. The zero-order valence-corrected chi connectivity index (χ0v) is 26.2. The first kappa shape index (κ1) is 30.3. The molecule has 6 rings (SSSR count). The summed E-state index contributed by atoms with van der Waals surface area (Å²) in [6, 6.07) is 0. The topological polar surface area (TPSA) is 141 Å². The highest BCUT2D eigenvalue weighted by Gasteiger charge is 2.90. The van der Waals surface area contributed by atoms with Crippen molar-refractivity contribution in [3.8, 4) is 0 Å². The van der Waals surface area contributed by atoms with E-state index in [2.05, 4.69) is 13.8 Å². The third-order valence-electron chi connectivity index (χ3n) is 13.7. The van der Waals surface area contributed by atoms with Gasteiger partial charge >= 0.3 is 17.9 Å². The summed E-state index contributed by atoms with van der Waals surface area (Å²) in [7, 11) is 1.29. The SMILES string of the molecule is COC(=O)[C@@]12O[C@@H]1C(C)C[C@@]1(O)C3CC[C@]4(C)C(CC[C@@]5(C(C)O)COC[C@H]54)[C@@]3(C)[C@H](OC(C)=O)[C@H](OC(C)=O)[C@]12C. The molecule has 6 fully saturated rings. The lowest BCUT2D eigenvalue weighted by Crippen LogP contribution is -2.82. The molecular weight excluding hydrogens is 544 g/mol. The molecule has 0 radical (unpaired) electrons. The Balaban J connectivity index is 1.58. The van der Waals surface area contributed by atoms with Crippen LogP contribution in [-0.4, -0.2) is 84.1 Å². The molecule has 4 aliphatic carbocycles. The first-order chi connectivity index (χ1) is 19.5. The number of rotatable bonds is 4. The van der Waals surface area contributed by atoms with E-state index in [1.54, 1.807) is 6.92 Å². The molecule has 4 unspecified atom stereocenters. The molecule has 0 bridgehead atoms. The Labute approximate surface area is 248 Å². The van der Waals surface area contributed by atoms with Crippen molar-refractivity contribution in [3.63, 3.8) is 0 Å². The summed E-state index contributed by atoms with van der Waals surface area (Å²) >= 11 is 0. The predicted octanol–water partition coefficient (Wildman–Crippen LogP) is 2.80. The molecule has 42 heavy (non-hydrogen) atoms. The maximum atomic E-state index is 13.6. The number of aliphatic hydroxyl groups excluding tert-OH is 1. The van der Waals surface area contributed by atoms with Crippen LogP contribution in [0.15, 0.2) is 0 Å². The fourth-order valence-electron chi connectivity index (χ4n) is 11.9. The Bertz CT molecular complexity index is 1190. The first-order valence-electron chi connectivity index (χ1n) is 15.6. The zero-order chi connectivity index (χ0) is 30.8. The average Bonchev–Trinajstić information content (AvgIpc) is 3.52. The van der Waals surface area contributed by atoms with E-state index in [0.717, 1.165) is 19.3 Å². The van der Waals surface area contributed by atoms with E-state index in [1.807, 2.05) is 13.8 Å². The summed E-state index contributed by atoms with van der Waals surface area (Å²) < 4.78 is 30.0. The number of hydrogen-bond acceptors (Lipinski definition) is 10. The van der Waals surface area contributed by atoms with Crippen LogP contribution < -0.4 is 0 Å². The number of fused-ring (bicyclic) bond motifs is 9. The second kappa shape index (κ2) is 9.14. The molecule has 2 aliphatic heterocycles. The molecule has 0 spiro atoms. The highest BCUT2D eigenvalue weighted by molar-refractivity contribution is 5.86. The van der Waals surface area contributed by atoms with Crippen molar-refractivity contribution in [3.05, 3.63) is 0 Å². The molecule has 0 aromatic heterocycles. The van der Waals surface area contributed by atoms with Crippen LogP contribution in [0.3, 0.4) is 0 Å².